The molecule has 0 spiro atoms. The van der Waals surface area contributed by atoms with Crippen LogP contribution in [-0.2, 0) is 10.0 Å². The van der Waals surface area contributed by atoms with Gasteiger partial charge in [0, 0.05) is 11.1 Å². The molecule has 4 rings (SSSR count). The fraction of sp³-hybridized carbons (Fsp3) is 0.0870. The number of nitrogens with two attached hydrogens (primary N) is 1. The van der Waals surface area contributed by atoms with Gasteiger partial charge in [0.1, 0.15) is 5.75 Å². The minimum Gasteiger partial charge on any atom is -0.497 e. The molecule has 0 aliphatic heterocycles. The molecule has 0 amide bonds. The van der Waals surface area contributed by atoms with Crippen LogP contribution in [0.25, 0.3) is 33.6 Å². The van der Waals surface area contributed by atoms with Crippen LogP contribution in [0.15, 0.2) is 80.6 Å². The molecule has 0 aliphatic rings. The van der Waals surface area contributed by atoms with E-state index in [2.05, 4.69) is 21.1 Å². The molecule has 158 valence electrons. The van der Waals surface area contributed by atoms with Crippen molar-refractivity contribution in [2.24, 2.45) is 5.14 Å². The monoisotopic (exact) mass is 498 g/mol. The number of ether oxygens (including phenoxy) is 1. The Labute approximate surface area is 188 Å². The van der Waals surface area contributed by atoms with Crippen molar-refractivity contribution in [2.45, 2.75) is 11.8 Å². The third-order valence-electron chi connectivity index (χ3n) is 4.96. The van der Waals surface area contributed by atoms with Gasteiger partial charge in [0.25, 0.3) is 0 Å². The lowest BCUT2D eigenvalue weighted by molar-refractivity contribution is 0.415. The molecule has 0 unspecified atom stereocenters. The summed E-state index contributed by atoms with van der Waals surface area (Å²) in [5, 5.41) is 9.61. The summed E-state index contributed by atoms with van der Waals surface area (Å²) < 4.78 is 36.5. The molecule has 0 aliphatic carbocycles. The zero-order chi connectivity index (χ0) is 22.2. The molecule has 0 radical (unpaired) electrons. The van der Waals surface area contributed by atoms with Crippen molar-refractivity contribution in [3.63, 3.8) is 0 Å². The molecule has 0 saturated heterocycles. The quantitative estimate of drug-likeness (QED) is 0.397. The van der Waals surface area contributed by atoms with Crippen molar-refractivity contribution in [1.29, 1.82) is 0 Å². The van der Waals surface area contributed by atoms with Crippen LogP contribution in [0.1, 0.15) is 5.69 Å². The lowest BCUT2D eigenvalue weighted by atomic mass is 9.89. The molecule has 8 heteroatoms. The van der Waals surface area contributed by atoms with Gasteiger partial charge in [-0.1, -0.05) is 53.7 Å². The maximum absolute atomic E-state index is 12.6. The molecule has 1 aromatic heterocycles. The molecule has 0 fully saturated rings. The topological polar surface area (TPSA) is 95.4 Å². The number of primary sulfonamides is 1. The number of hydrogen-bond donors (Lipinski definition) is 1. The van der Waals surface area contributed by atoms with E-state index in [4.69, 9.17) is 14.4 Å². The highest BCUT2D eigenvalue weighted by Gasteiger charge is 2.28. The van der Waals surface area contributed by atoms with E-state index in [1.807, 2.05) is 54.6 Å². The molecule has 0 atom stereocenters. The lowest BCUT2D eigenvalue weighted by Crippen LogP contribution is -2.14. The molecular formula is C23H19BrN2O4S. The van der Waals surface area contributed by atoms with Gasteiger partial charge in [-0.05, 0) is 57.7 Å². The van der Waals surface area contributed by atoms with Gasteiger partial charge in [0.15, 0.2) is 5.76 Å². The van der Waals surface area contributed by atoms with Crippen LogP contribution in [0.2, 0.25) is 0 Å². The summed E-state index contributed by atoms with van der Waals surface area (Å²) >= 11 is 3.49. The van der Waals surface area contributed by atoms with Gasteiger partial charge >= 0.3 is 0 Å². The lowest BCUT2D eigenvalue weighted by Gasteiger charge is -2.18. The van der Waals surface area contributed by atoms with Crippen molar-refractivity contribution in [2.75, 3.05) is 7.11 Å². The Balaban J connectivity index is 2.16. The molecule has 3 aromatic carbocycles. The van der Waals surface area contributed by atoms with Gasteiger partial charge in [-0.15, -0.1) is 0 Å². The minimum absolute atomic E-state index is 0.0464. The van der Waals surface area contributed by atoms with E-state index in [9.17, 15) is 8.42 Å². The zero-order valence-corrected chi connectivity index (χ0v) is 19.2. The van der Waals surface area contributed by atoms with Crippen LogP contribution in [0, 0.1) is 6.92 Å². The number of aromatic nitrogens is 1. The van der Waals surface area contributed by atoms with Crippen LogP contribution in [0.5, 0.6) is 5.75 Å². The summed E-state index contributed by atoms with van der Waals surface area (Å²) in [6.07, 6.45) is 0. The maximum Gasteiger partial charge on any atom is 0.238 e. The van der Waals surface area contributed by atoms with E-state index in [-0.39, 0.29) is 4.90 Å². The van der Waals surface area contributed by atoms with Crippen molar-refractivity contribution in [3.8, 4) is 39.3 Å². The number of benzene rings is 3. The standard InChI is InChI=1S/C23H19BrN2O4S/c1-14-22(24)23(30-26-14)21-19(31(25,27)28)13-12-18(15-6-4-3-5-7-15)20(21)16-8-10-17(29-2)11-9-16/h3-13H,1-2H3,(H2,25,27,28). The Hall–Kier alpha value is -2.94. The highest BCUT2D eigenvalue weighted by molar-refractivity contribution is 9.10. The summed E-state index contributed by atoms with van der Waals surface area (Å²) in [5.74, 6) is 0.982. The Kier molecular flexibility index (Phi) is 5.70. The van der Waals surface area contributed by atoms with Gasteiger partial charge < -0.3 is 9.26 Å². The highest BCUT2D eigenvalue weighted by atomic mass is 79.9. The Morgan fingerprint density at radius 3 is 2.16 bits per heavy atom. The number of rotatable bonds is 5. The van der Waals surface area contributed by atoms with Crippen molar-refractivity contribution in [3.05, 3.63) is 76.9 Å². The average molecular weight is 499 g/mol. The SMILES string of the molecule is COc1ccc(-c2c(-c3ccccc3)ccc(S(N)(=O)=O)c2-c2onc(C)c2Br)cc1. The Bertz CT molecular complexity index is 1350. The van der Waals surface area contributed by atoms with Gasteiger partial charge in [0.2, 0.25) is 10.0 Å². The third-order valence-corrected chi connectivity index (χ3v) is 6.84. The molecule has 1 heterocycles. The third kappa shape index (κ3) is 4.01. The number of nitrogens with zero attached hydrogens (tertiary/aromatic N) is 1. The van der Waals surface area contributed by atoms with Crippen LogP contribution >= 0.6 is 15.9 Å². The predicted octanol–water partition coefficient (Wildman–Crippen LogP) is 5.40. The second kappa shape index (κ2) is 8.30. The summed E-state index contributed by atoms with van der Waals surface area (Å²) in [6, 6.07) is 20.3. The van der Waals surface area contributed by atoms with E-state index in [1.165, 1.54) is 6.07 Å². The van der Waals surface area contributed by atoms with Gasteiger partial charge in [0.05, 0.1) is 22.2 Å². The normalized spacial score (nSPS) is 11.5. The first-order valence-electron chi connectivity index (χ1n) is 9.33. The molecule has 0 saturated carbocycles. The largest absolute Gasteiger partial charge is 0.497 e. The number of halogens is 1. The van der Waals surface area contributed by atoms with E-state index >= 15 is 0 Å². The first-order valence-corrected chi connectivity index (χ1v) is 11.7. The molecule has 4 aromatic rings. The fourth-order valence-electron chi connectivity index (χ4n) is 3.48. The number of methoxy groups -OCH3 is 1. The van der Waals surface area contributed by atoms with Crippen molar-refractivity contribution >= 4 is 26.0 Å². The summed E-state index contributed by atoms with van der Waals surface area (Å²) in [4.78, 5) is -0.0464. The second-order valence-corrected chi connectivity index (χ2v) is 9.23. The molecular weight excluding hydrogens is 480 g/mol. The Morgan fingerprint density at radius 2 is 1.61 bits per heavy atom. The van der Waals surface area contributed by atoms with E-state index in [0.717, 1.165) is 16.7 Å². The number of sulfonamides is 1. The van der Waals surface area contributed by atoms with Crippen LogP contribution in [-0.4, -0.2) is 20.7 Å². The van der Waals surface area contributed by atoms with Crippen LogP contribution in [0.3, 0.4) is 0 Å². The van der Waals surface area contributed by atoms with Gasteiger partial charge in [-0.2, -0.15) is 0 Å². The van der Waals surface area contributed by atoms with Crippen molar-refractivity contribution < 1.29 is 17.7 Å². The summed E-state index contributed by atoms with van der Waals surface area (Å²) in [7, 11) is -2.48. The summed E-state index contributed by atoms with van der Waals surface area (Å²) in [6.45, 7) is 1.77. The van der Waals surface area contributed by atoms with E-state index in [0.29, 0.717) is 32.8 Å². The molecule has 6 nitrogen and oxygen atoms in total. The second-order valence-electron chi connectivity index (χ2n) is 6.91. The predicted molar refractivity (Wildman–Crippen MR) is 123 cm³/mol. The van der Waals surface area contributed by atoms with E-state index < -0.39 is 10.0 Å². The zero-order valence-electron chi connectivity index (χ0n) is 16.8. The van der Waals surface area contributed by atoms with E-state index in [1.54, 1.807) is 20.1 Å². The number of aryl methyl sites for hydroxylation is 1. The van der Waals surface area contributed by atoms with Gasteiger partial charge in [-0.3, -0.25) is 0 Å². The average Bonchev–Trinajstić information content (AvgIpc) is 3.11. The highest BCUT2D eigenvalue weighted by Crippen LogP contribution is 2.46. The molecule has 31 heavy (non-hydrogen) atoms. The minimum atomic E-state index is -4.06. The first-order chi connectivity index (χ1) is 14.8. The smallest absolute Gasteiger partial charge is 0.238 e. The fourth-order valence-corrected chi connectivity index (χ4v) is 4.56. The van der Waals surface area contributed by atoms with Crippen LogP contribution < -0.4 is 9.88 Å². The summed E-state index contributed by atoms with van der Waals surface area (Å²) in [5.41, 5.74) is 4.14. The van der Waals surface area contributed by atoms with Crippen molar-refractivity contribution in [1.82, 2.24) is 5.16 Å². The maximum atomic E-state index is 12.6. The first kappa shape index (κ1) is 21.3. The van der Waals surface area contributed by atoms with Crippen LogP contribution in [0.4, 0.5) is 0 Å². The Morgan fingerprint density at radius 1 is 0.935 bits per heavy atom. The molecule has 0 bridgehead atoms. The molecule has 2 N–H and O–H groups in total. The van der Waals surface area contributed by atoms with Gasteiger partial charge in [-0.25, -0.2) is 13.6 Å². The number of hydrogen-bond acceptors (Lipinski definition) is 5.